The largest absolute Gasteiger partial charge is 0.369 e. The monoisotopic (exact) mass is 351 g/mol. The maximum Gasteiger partial charge on any atom is 0.224 e. The van der Waals surface area contributed by atoms with E-state index in [0.717, 1.165) is 31.6 Å². The summed E-state index contributed by atoms with van der Waals surface area (Å²) >= 11 is 0. The van der Waals surface area contributed by atoms with Crippen molar-refractivity contribution in [1.29, 1.82) is 0 Å². The van der Waals surface area contributed by atoms with E-state index in [4.69, 9.17) is 0 Å². The highest BCUT2D eigenvalue weighted by Crippen LogP contribution is 2.17. The summed E-state index contributed by atoms with van der Waals surface area (Å²) in [6.45, 7) is 3.78. The molecule has 8 nitrogen and oxygen atoms in total. The number of benzene rings is 1. The first-order valence-electron chi connectivity index (χ1n) is 8.77. The summed E-state index contributed by atoms with van der Waals surface area (Å²) < 4.78 is 0. The highest BCUT2D eigenvalue weighted by atomic mass is 16.2. The molecule has 1 saturated heterocycles. The summed E-state index contributed by atoms with van der Waals surface area (Å²) in [5.41, 5.74) is 1.90. The third kappa shape index (κ3) is 3.44. The second kappa shape index (κ2) is 7.38. The average molecular weight is 351 g/mol. The minimum Gasteiger partial charge on any atom is -0.369 e. The lowest BCUT2D eigenvalue weighted by Crippen LogP contribution is -2.49. The summed E-state index contributed by atoms with van der Waals surface area (Å²) in [4.78, 5) is 25.0. The van der Waals surface area contributed by atoms with Crippen LogP contribution in [0.5, 0.6) is 0 Å². The molecule has 0 unspecified atom stereocenters. The van der Waals surface area contributed by atoms with E-state index in [1.807, 2.05) is 23.1 Å². The molecule has 1 fully saturated rings. The lowest BCUT2D eigenvalue weighted by Gasteiger charge is -2.36. The molecule has 0 atom stereocenters. The van der Waals surface area contributed by atoms with Crippen molar-refractivity contribution in [1.82, 2.24) is 25.1 Å². The van der Waals surface area contributed by atoms with Gasteiger partial charge < -0.3 is 15.1 Å². The Morgan fingerprint density at radius 3 is 2.73 bits per heavy atom. The summed E-state index contributed by atoms with van der Waals surface area (Å²) in [6.07, 6.45) is 3.60. The van der Waals surface area contributed by atoms with Gasteiger partial charge in [0.05, 0.1) is 11.6 Å². The van der Waals surface area contributed by atoms with Gasteiger partial charge in [0, 0.05) is 44.8 Å². The van der Waals surface area contributed by atoms with Crippen molar-refractivity contribution in [2.45, 2.75) is 6.42 Å². The molecule has 0 spiro atoms. The van der Waals surface area contributed by atoms with E-state index in [2.05, 4.69) is 42.5 Å². The van der Waals surface area contributed by atoms with Crippen LogP contribution in [0.15, 0.2) is 42.9 Å². The highest BCUT2D eigenvalue weighted by Gasteiger charge is 2.20. The van der Waals surface area contributed by atoms with Crippen LogP contribution < -0.4 is 10.2 Å². The first-order valence-corrected chi connectivity index (χ1v) is 8.77. The number of para-hydroxylation sites is 1. The molecule has 1 amide bonds. The van der Waals surface area contributed by atoms with Crippen molar-refractivity contribution >= 4 is 28.4 Å². The molecule has 0 radical (unpaired) electrons. The summed E-state index contributed by atoms with van der Waals surface area (Å²) in [6, 6.07) is 10.3. The molecule has 2 N–H and O–H groups in total. The van der Waals surface area contributed by atoms with E-state index < -0.39 is 0 Å². The maximum atomic E-state index is 12.5. The number of H-pyrrole nitrogens is 1. The van der Waals surface area contributed by atoms with E-state index in [-0.39, 0.29) is 5.91 Å². The first kappa shape index (κ1) is 16.3. The van der Waals surface area contributed by atoms with Gasteiger partial charge >= 0.3 is 0 Å². The molecular weight excluding hydrogens is 330 g/mol. The third-order valence-corrected chi connectivity index (χ3v) is 4.63. The van der Waals surface area contributed by atoms with Gasteiger partial charge in [0.25, 0.3) is 0 Å². The number of hydrogen-bond donors (Lipinski definition) is 2. The van der Waals surface area contributed by atoms with Gasteiger partial charge in [-0.2, -0.15) is 5.10 Å². The van der Waals surface area contributed by atoms with Gasteiger partial charge in [-0.25, -0.2) is 9.97 Å². The van der Waals surface area contributed by atoms with E-state index in [9.17, 15) is 4.79 Å². The topological polar surface area (TPSA) is 90.0 Å². The van der Waals surface area contributed by atoms with Crippen molar-refractivity contribution < 1.29 is 4.79 Å². The third-order valence-electron chi connectivity index (χ3n) is 4.63. The zero-order valence-corrected chi connectivity index (χ0v) is 14.4. The predicted octanol–water partition coefficient (Wildman–Crippen LogP) is 1.50. The number of hydrogen-bond acceptors (Lipinski definition) is 6. The number of amides is 1. The standard InChI is InChI=1S/C18H21N7O/c26-16(6-7-19-17-15-12-22-23-18(15)21-13-20-17)25-10-8-24(9-11-25)14-4-2-1-3-5-14/h1-5,12-13H,6-11H2,(H2,19,20,21,22,23). The van der Waals surface area contributed by atoms with E-state index in [1.165, 1.54) is 12.0 Å². The number of nitrogens with one attached hydrogen (secondary N) is 2. The fraction of sp³-hybridized carbons (Fsp3) is 0.333. The number of carbonyl (C=O) groups excluding carboxylic acids is 1. The number of fused-ring (bicyclic) bond motifs is 1. The molecule has 0 bridgehead atoms. The minimum atomic E-state index is 0.169. The number of piperazine rings is 1. The summed E-state index contributed by atoms with van der Waals surface area (Å²) in [7, 11) is 0. The van der Waals surface area contributed by atoms with Gasteiger partial charge in [0.2, 0.25) is 5.91 Å². The number of rotatable bonds is 5. The molecule has 1 aliphatic rings. The SMILES string of the molecule is O=C(CCNc1ncnc2[nH]ncc12)N1CCN(c2ccccc2)CC1. The van der Waals surface area contributed by atoms with Crippen molar-refractivity contribution in [2.24, 2.45) is 0 Å². The van der Waals surface area contributed by atoms with E-state index >= 15 is 0 Å². The van der Waals surface area contributed by atoms with Crippen molar-refractivity contribution in [3.05, 3.63) is 42.9 Å². The van der Waals surface area contributed by atoms with Gasteiger partial charge in [0.15, 0.2) is 5.65 Å². The summed E-state index contributed by atoms with van der Waals surface area (Å²) in [5, 5.41) is 10.8. The number of carbonyl (C=O) groups is 1. The smallest absolute Gasteiger partial charge is 0.224 e. The van der Waals surface area contributed by atoms with Gasteiger partial charge in [-0.3, -0.25) is 9.89 Å². The Labute approximate surface area is 151 Å². The number of aromatic nitrogens is 4. The Hall–Kier alpha value is -3.16. The molecule has 26 heavy (non-hydrogen) atoms. The van der Waals surface area contributed by atoms with Crippen LogP contribution in [-0.2, 0) is 4.79 Å². The molecule has 1 aromatic carbocycles. The van der Waals surface area contributed by atoms with Crippen molar-refractivity contribution in [2.75, 3.05) is 42.9 Å². The normalized spacial score (nSPS) is 14.6. The molecule has 1 aliphatic heterocycles. The molecule has 8 heteroatoms. The van der Waals surface area contributed by atoms with Crippen LogP contribution >= 0.6 is 0 Å². The second-order valence-corrected chi connectivity index (χ2v) is 6.23. The fourth-order valence-electron chi connectivity index (χ4n) is 3.20. The van der Waals surface area contributed by atoms with Gasteiger partial charge in [-0.1, -0.05) is 18.2 Å². The molecule has 0 saturated carbocycles. The Morgan fingerprint density at radius 2 is 1.92 bits per heavy atom. The molecule has 134 valence electrons. The number of nitrogens with zero attached hydrogens (tertiary/aromatic N) is 5. The van der Waals surface area contributed by atoms with Gasteiger partial charge in [-0.05, 0) is 12.1 Å². The van der Waals surface area contributed by atoms with Crippen LogP contribution in [0, 0.1) is 0 Å². The van der Waals surface area contributed by atoms with Gasteiger partial charge in [-0.15, -0.1) is 0 Å². The van der Waals surface area contributed by atoms with Crippen LogP contribution in [-0.4, -0.2) is 63.7 Å². The second-order valence-electron chi connectivity index (χ2n) is 6.23. The molecule has 3 heterocycles. The first-order chi connectivity index (χ1) is 12.8. The minimum absolute atomic E-state index is 0.169. The lowest BCUT2D eigenvalue weighted by molar-refractivity contribution is -0.131. The molecule has 3 aromatic rings. The fourth-order valence-corrected chi connectivity index (χ4v) is 3.20. The predicted molar refractivity (Wildman–Crippen MR) is 100 cm³/mol. The van der Waals surface area contributed by atoms with Crippen LogP contribution in [0.25, 0.3) is 11.0 Å². The Balaban J connectivity index is 1.26. The Bertz CT molecular complexity index is 871. The lowest BCUT2D eigenvalue weighted by atomic mass is 10.2. The van der Waals surface area contributed by atoms with Crippen molar-refractivity contribution in [3.8, 4) is 0 Å². The van der Waals surface area contributed by atoms with E-state index in [0.29, 0.717) is 24.4 Å². The van der Waals surface area contributed by atoms with Crippen LogP contribution in [0.2, 0.25) is 0 Å². The zero-order valence-electron chi connectivity index (χ0n) is 14.4. The van der Waals surface area contributed by atoms with Crippen LogP contribution in [0.1, 0.15) is 6.42 Å². The van der Waals surface area contributed by atoms with Crippen molar-refractivity contribution in [3.63, 3.8) is 0 Å². The van der Waals surface area contributed by atoms with E-state index in [1.54, 1.807) is 6.20 Å². The number of anilines is 2. The quantitative estimate of drug-likeness (QED) is 0.724. The summed E-state index contributed by atoms with van der Waals surface area (Å²) in [5.74, 6) is 0.869. The highest BCUT2D eigenvalue weighted by molar-refractivity contribution is 5.85. The molecule has 0 aliphatic carbocycles. The zero-order chi connectivity index (χ0) is 17.8. The average Bonchev–Trinajstić information content (AvgIpc) is 3.18. The van der Waals surface area contributed by atoms with Crippen LogP contribution in [0.4, 0.5) is 11.5 Å². The number of aromatic amines is 1. The van der Waals surface area contributed by atoms with Gasteiger partial charge in [0.1, 0.15) is 12.1 Å². The Kier molecular flexibility index (Phi) is 4.63. The molecule has 4 rings (SSSR count). The molecule has 2 aromatic heterocycles. The molecular formula is C18H21N7O. The Morgan fingerprint density at radius 1 is 1.12 bits per heavy atom. The van der Waals surface area contributed by atoms with Crippen LogP contribution in [0.3, 0.4) is 0 Å². The maximum absolute atomic E-state index is 12.5.